The molecular formula is C23H19ClN2O5. The van der Waals surface area contributed by atoms with Crippen LogP contribution in [0.4, 0.5) is 0 Å². The van der Waals surface area contributed by atoms with Crippen LogP contribution in [0, 0.1) is 0 Å². The van der Waals surface area contributed by atoms with Crippen molar-refractivity contribution in [3.63, 3.8) is 0 Å². The van der Waals surface area contributed by atoms with Crippen LogP contribution in [0.2, 0.25) is 5.02 Å². The molecule has 0 radical (unpaired) electrons. The second-order valence-corrected chi connectivity index (χ2v) is 7.23. The van der Waals surface area contributed by atoms with Crippen molar-refractivity contribution in [2.75, 3.05) is 13.2 Å². The summed E-state index contributed by atoms with van der Waals surface area (Å²) in [6, 6.07) is 19.2. The number of benzene rings is 2. The molecule has 0 saturated heterocycles. The number of halogens is 1. The standard InChI is InChI=1S/C23H19ClN2O5/c24-17-10-8-16(9-11-17)19-13-20(21-7-4-12-29-21)26(25-19)22(27)14-31-23(28)15-30-18-5-2-1-3-6-18/h1-12,20H,13-15H2/t20-/m0/s1. The van der Waals surface area contributed by atoms with Gasteiger partial charge in [-0.1, -0.05) is 41.9 Å². The van der Waals surface area contributed by atoms with Gasteiger partial charge in [-0.05, 0) is 42.0 Å². The molecule has 1 atom stereocenters. The first-order chi connectivity index (χ1) is 15.1. The smallest absolute Gasteiger partial charge is 0.344 e. The summed E-state index contributed by atoms with van der Waals surface area (Å²) in [5, 5.41) is 6.38. The zero-order valence-corrected chi connectivity index (χ0v) is 17.2. The number of esters is 1. The van der Waals surface area contributed by atoms with E-state index in [0.29, 0.717) is 28.7 Å². The lowest BCUT2D eigenvalue weighted by Crippen LogP contribution is -2.32. The Hall–Kier alpha value is -3.58. The fourth-order valence-corrected chi connectivity index (χ4v) is 3.29. The minimum Gasteiger partial charge on any atom is -0.482 e. The lowest BCUT2D eigenvalue weighted by molar-refractivity contribution is -0.154. The topological polar surface area (TPSA) is 81.3 Å². The highest BCUT2D eigenvalue weighted by Crippen LogP contribution is 2.33. The highest BCUT2D eigenvalue weighted by Gasteiger charge is 2.35. The van der Waals surface area contributed by atoms with Crippen LogP contribution in [-0.2, 0) is 14.3 Å². The van der Waals surface area contributed by atoms with Crippen LogP contribution >= 0.6 is 11.6 Å². The minimum atomic E-state index is -0.646. The Bertz CT molecular complexity index is 1070. The van der Waals surface area contributed by atoms with Gasteiger partial charge in [0.15, 0.2) is 13.2 Å². The van der Waals surface area contributed by atoms with Gasteiger partial charge in [0.05, 0.1) is 12.0 Å². The molecule has 0 unspecified atom stereocenters. The van der Waals surface area contributed by atoms with Gasteiger partial charge in [0.2, 0.25) is 0 Å². The molecule has 0 aliphatic carbocycles. The van der Waals surface area contributed by atoms with E-state index in [0.717, 1.165) is 5.56 Å². The predicted molar refractivity (Wildman–Crippen MR) is 114 cm³/mol. The number of hydrogen-bond donors (Lipinski definition) is 0. The Labute approximate surface area is 183 Å². The van der Waals surface area contributed by atoms with E-state index < -0.39 is 24.5 Å². The summed E-state index contributed by atoms with van der Waals surface area (Å²) in [5.41, 5.74) is 1.56. The molecule has 0 bridgehead atoms. The van der Waals surface area contributed by atoms with Gasteiger partial charge >= 0.3 is 5.97 Å². The second kappa shape index (κ2) is 9.49. The van der Waals surface area contributed by atoms with Crippen molar-refractivity contribution in [1.29, 1.82) is 0 Å². The molecular weight excluding hydrogens is 420 g/mol. The molecule has 0 fully saturated rings. The van der Waals surface area contributed by atoms with Crippen LogP contribution in [0.15, 0.2) is 82.5 Å². The largest absolute Gasteiger partial charge is 0.482 e. The Morgan fingerprint density at radius 3 is 2.52 bits per heavy atom. The van der Waals surface area contributed by atoms with E-state index in [1.165, 1.54) is 5.01 Å². The average molecular weight is 439 g/mol. The summed E-state index contributed by atoms with van der Waals surface area (Å²) in [5.74, 6) is 0.0338. The third kappa shape index (κ3) is 5.13. The number of rotatable bonds is 7. The number of hydrogen-bond acceptors (Lipinski definition) is 6. The molecule has 1 amide bonds. The van der Waals surface area contributed by atoms with Crippen molar-refractivity contribution in [3.8, 4) is 5.75 Å². The van der Waals surface area contributed by atoms with Gasteiger partial charge in [-0.3, -0.25) is 4.79 Å². The van der Waals surface area contributed by atoms with E-state index in [2.05, 4.69) is 5.10 Å². The Morgan fingerprint density at radius 2 is 1.81 bits per heavy atom. The third-order valence-corrected chi connectivity index (χ3v) is 4.92. The summed E-state index contributed by atoms with van der Waals surface area (Å²) in [4.78, 5) is 24.8. The average Bonchev–Trinajstić information content (AvgIpc) is 3.47. The Kier molecular flexibility index (Phi) is 6.33. The molecule has 4 rings (SSSR count). The lowest BCUT2D eigenvalue weighted by Gasteiger charge is -2.19. The molecule has 1 aliphatic heterocycles. The number of nitrogens with zero attached hydrogens (tertiary/aromatic N) is 2. The SMILES string of the molecule is O=C(COc1ccccc1)OCC(=O)N1N=C(c2ccc(Cl)cc2)C[C@H]1c1ccco1. The fourth-order valence-electron chi connectivity index (χ4n) is 3.17. The number of hydrazone groups is 1. The zero-order chi connectivity index (χ0) is 21.6. The highest BCUT2D eigenvalue weighted by atomic mass is 35.5. The van der Waals surface area contributed by atoms with Crippen LogP contribution in [0.25, 0.3) is 0 Å². The van der Waals surface area contributed by atoms with Crippen molar-refractivity contribution in [3.05, 3.63) is 89.3 Å². The van der Waals surface area contributed by atoms with Gasteiger partial charge in [-0.15, -0.1) is 0 Å². The molecule has 2 heterocycles. The number of ether oxygens (including phenoxy) is 2. The molecule has 0 saturated carbocycles. The first kappa shape index (κ1) is 20.7. The first-order valence-electron chi connectivity index (χ1n) is 9.62. The van der Waals surface area contributed by atoms with Gasteiger partial charge in [0.1, 0.15) is 17.6 Å². The Balaban J connectivity index is 1.41. The number of carbonyl (C=O) groups excluding carboxylic acids is 2. The maximum Gasteiger partial charge on any atom is 0.344 e. The predicted octanol–water partition coefficient (Wildman–Crippen LogP) is 4.23. The Morgan fingerprint density at radius 1 is 1.03 bits per heavy atom. The molecule has 1 aliphatic rings. The van der Waals surface area contributed by atoms with E-state index in [1.54, 1.807) is 54.8 Å². The quantitative estimate of drug-likeness (QED) is 0.515. The van der Waals surface area contributed by atoms with Crippen LogP contribution < -0.4 is 4.74 Å². The zero-order valence-electron chi connectivity index (χ0n) is 16.4. The normalized spacial score (nSPS) is 15.5. The molecule has 31 heavy (non-hydrogen) atoms. The van der Waals surface area contributed by atoms with Gasteiger partial charge < -0.3 is 13.9 Å². The van der Waals surface area contributed by atoms with Gasteiger partial charge in [0, 0.05) is 11.4 Å². The monoisotopic (exact) mass is 438 g/mol. The van der Waals surface area contributed by atoms with Crippen LogP contribution in [0.1, 0.15) is 23.8 Å². The summed E-state index contributed by atoms with van der Waals surface area (Å²) in [6.45, 7) is -0.746. The number of carbonyl (C=O) groups is 2. The minimum absolute atomic E-state index is 0.293. The van der Waals surface area contributed by atoms with E-state index in [9.17, 15) is 9.59 Å². The molecule has 0 N–H and O–H groups in total. The summed E-state index contributed by atoms with van der Waals surface area (Å²) in [7, 11) is 0. The summed E-state index contributed by atoms with van der Waals surface area (Å²) in [6.07, 6.45) is 2.01. The van der Waals surface area contributed by atoms with E-state index >= 15 is 0 Å². The molecule has 8 heteroatoms. The summed E-state index contributed by atoms with van der Waals surface area (Å²) < 4.78 is 15.9. The van der Waals surface area contributed by atoms with Crippen molar-refractivity contribution >= 4 is 29.2 Å². The number of para-hydroxylation sites is 1. The molecule has 158 valence electrons. The molecule has 2 aromatic carbocycles. The van der Waals surface area contributed by atoms with Crippen molar-refractivity contribution < 1.29 is 23.5 Å². The molecule has 0 spiro atoms. The van der Waals surface area contributed by atoms with Crippen LogP contribution in [0.3, 0.4) is 0 Å². The van der Waals surface area contributed by atoms with E-state index in [1.807, 2.05) is 18.2 Å². The van der Waals surface area contributed by atoms with Gasteiger partial charge in [0.25, 0.3) is 5.91 Å². The van der Waals surface area contributed by atoms with Crippen molar-refractivity contribution in [2.45, 2.75) is 12.5 Å². The number of amides is 1. The third-order valence-electron chi connectivity index (χ3n) is 4.67. The van der Waals surface area contributed by atoms with E-state index in [4.69, 9.17) is 25.5 Å². The van der Waals surface area contributed by atoms with E-state index in [-0.39, 0.29) is 6.61 Å². The van der Waals surface area contributed by atoms with Crippen molar-refractivity contribution in [2.24, 2.45) is 5.10 Å². The van der Waals surface area contributed by atoms with Crippen LogP contribution in [-0.4, -0.2) is 35.8 Å². The number of furan rings is 1. The summed E-state index contributed by atoms with van der Waals surface area (Å²) >= 11 is 5.96. The lowest BCUT2D eigenvalue weighted by atomic mass is 10.0. The van der Waals surface area contributed by atoms with Gasteiger partial charge in [-0.25, -0.2) is 9.80 Å². The highest BCUT2D eigenvalue weighted by molar-refractivity contribution is 6.30. The fraction of sp³-hybridized carbons (Fsp3) is 0.174. The van der Waals surface area contributed by atoms with Crippen LogP contribution in [0.5, 0.6) is 5.75 Å². The maximum atomic E-state index is 12.8. The molecule has 3 aromatic rings. The van der Waals surface area contributed by atoms with Gasteiger partial charge in [-0.2, -0.15) is 5.10 Å². The second-order valence-electron chi connectivity index (χ2n) is 6.79. The first-order valence-corrected chi connectivity index (χ1v) is 10.0. The van der Waals surface area contributed by atoms with Crippen molar-refractivity contribution in [1.82, 2.24) is 5.01 Å². The molecule has 1 aromatic heterocycles. The maximum absolute atomic E-state index is 12.8. The molecule has 7 nitrogen and oxygen atoms in total.